The van der Waals surface area contributed by atoms with Crippen LogP contribution in [-0.4, -0.2) is 56.5 Å². The van der Waals surface area contributed by atoms with Crippen LogP contribution in [0.2, 0.25) is 0 Å². The molecule has 0 radical (unpaired) electrons. The summed E-state index contributed by atoms with van der Waals surface area (Å²) < 4.78 is 22.8. The van der Waals surface area contributed by atoms with Crippen LogP contribution < -0.4 is 10.2 Å². The number of carbonyl (C=O) groups excluding carboxylic acids is 1. The topological polar surface area (TPSA) is 57.2 Å². The molecule has 2 heterocycles. The lowest BCUT2D eigenvalue weighted by Crippen LogP contribution is -2.41. The van der Waals surface area contributed by atoms with Gasteiger partial charge in [-0.15, -0.1) is 0 Å². The number of ether oxygens (including phenoxy) is 2. The van der Waals surface area contributed by atoms with Crippen molar-refractivity contribution in [3.05, 3.63) is 23.3 Å². The number of hydrogen-bond acceptors (Lipinski definition) is 6. The van der Waals surface area contributed by atoms with E-state index in [1.165, 1.54) is 18.2 Å². The highest BCUT2D eigenvalue weighted by molar-refractivity contribution is 6.62. The van der Waals surface area contributed by atoms with Crippen LogP contribution in [0.3, 0.4) is 0 Å². The van der Waals surface area contributed by atoms with Gasteiger partial charge in [0, 0.05) is 25.2 Å². The predicted molar refractivity (Wildman–Crippen MR) is 104 cm³/mol. The first-order chi connectivity index (χ1) is 12.7. The molecule has 6 nitrogen and oxygen atoms in total. The zero-order valence-electron chi connectivity index (χ0n) is 17.3. The molecule has 1 saturated heterocycles. The van der Waals surface area contributed by atoms with Crippen molar-refractivity contribution in [2.45, 2.75) is 58.3 Å². The molecule has 2 aliphatic heterocycles. The third-order valence-electron chi connectivity index (χ3n) is 6.01. The predicted octanol–water partition coefficient (Wildman–Crippen LogP) is 1.92. The first kappa shape index (κ1) is 20.2. The zero-order chi connectivity index (χ0) is 19.8. The SMILES string of the molecule is COC(=O)CCN1CCc2cc(B3OC(C)(C)C(C)(C)O3)cc(OC)c2C1. The summed E-state index contributed by atoms with van der Waals surface area (Å²) in [4.78, 5) is 13.7. The molecule has 148 valence electrons. The van der Waals surface area contributed by atoms with E-state index in [1.54, 1.807) is 7.11 Å². The fourth-order valence-electron chi connectivity index (χ4n) is 3.55. The van der Waals surface area contributed by atoms with Crippen molar-refractivity contribution >= 4 is 18.6 Å². The second-order valence-corrected chi connectivity index (χ2v) is 8.30. The summed E-state index contributed by atoms with van der Waals surface area (Å²) in [6.07, 6.45) is 1.31. The van der Waals surface area contributed by atoms with Crippen molar-refractivity contribution in [3.8, 4) is 5.75 Å². The number of rotatable bonds is 5. The molecular formula is C20H30BNO5. The third-order valence-corrected chi connectivity index (χ3v) is 6.01. The molecule has 0 unspecified atom stereocenters. The van der Waals surface area contributed by atoms with Crippen molar-refractivity contribution < 1.29 is 23.6 Å². The quantitative estimate of drug-likeness (QED) is 0.579. The second-order valence-electron chi connectivity index (χ2n) is 8.30. The van der Waals surface area contributed by atoms with Crippen LogP contribution in [0.5, 0.6) is 5.75 Å². The van der Waals surface area contributed by atoms with Gasteiger partial charge in [0.25, 0.3) is 0 Å². The first-order valence-corrected chi connectivity index (χ1v) is 9.51. The smallest absolute Gasteiger partial charge is 0.494 e. The molecule has 1 aromatic carbocycles. The van der Waals surface area contributed by atoms with Crippen molar-refractivity contribution in [1.29, 1.82) is 0 Å². The number of benzene rings is 1. The number of methoxy groups -OCH3 is 2. The molecule has 0 aromatic heterocycles. The summed E-state index contributed by atoms with van der Waals surface area (Å²) in [5.74, 6) is 0.670. The summed E-state index contributed by atoms with van der Waals surface area (Å²) in [6.45, 7) is 10.6. The van der Waals surface area contributed by atoms with Gasteiger partial charge in [-0.05, 0) is 51.2 Å². The van der Waals surface area contributed by atoms with E-state index >= 15 is 0 Å². The molecule has 0 saturated carbocycles. The number of nitrogens with zero attached hydrogens (tertiary/aromatic N) is 1. The molecule has 0 atom stereocenters. The van der Waals surface area contributed by atoms with Gasteiger partial charge in [-0.3, -0.25) is 9.69 Å². The Bertz CT molecular complexity index is 685. The molecule has 0 amide bonds. The molecule has 1 fully saturated rings. The van der Waals surface area contributed by atoms with Gasteiger partial charge in [0.15, 0.2) is 0 Å². The van der Waals surface area contributed by atoms with Gasteiger partial charge in [0.1, 0.15) is 5.75 Å². The Balaban J connectivity index is 1.80. The minimum atomic E-state index is -0.397. The largest absolute Gasteiger partial charge is 0.496 e. The molecule has 1 aromatic rings. The average Bonchev–Trinajstić information content (AvgIpc) is 2.86. The number of fused-ring (bicyclic) bond motifs is 1. The van der Waals surface area contributed by atoms with E-state index in [1.807, 2.05) is 6.07 Å². The Kier molecular flexibility index (Phi) is 5.57. The Hall–Kier alpha value is -1.57. The Morgan fingerprint density at radius 2 is 1.85 bits per heavy atom. The van der Waals surface area contributed by atoms with Crippen LogP contribution in [0, 0.1) is 0 Å². The lowest BCUT2D eigenvalue weighted by molar-refractivity contribution is -0.141. The van der Waals surface area contributed by atoms with E-state index in [2.05, 4.69) is 38.7 Å². The first-order valence-electron chi connectivity index (χ1n) is 9.51. The zero-order valence-corrected chi connectivity index (χ0v) is 17.3. The highest BCUT2D eigenvalue weighted by Crippen LogP contribution is 2.37. The van der Waals surface area contributed by atoms with Gasteiger partial charge in [-0.1, -0.05) is 6.07 Å². The van der Waals surface area contributed by atoms with Crippen LogP contribution in [0.15, 0.2) is 12.1 Å². The van der Waals surface area contributed by atoms with E-state index in [9.17, 15) is 4.79 Å². The fourth-order valence-corrected chi connectivity index (χ4v) is 3.55. The van der Waals surface area contributed by atoms with Gasteiger partial charge in [0.05, 0.1) is 31.8 Å². The maximum absolute atomic E-state index is 11.4. The molecule has 7 heteroatoms. The number of carbonyl (C=O) groups is 1. The van der Waals surface area contributed by atoms with Crippen LogP contribution in [0.1, 0.15) is 45.2 Å². The molecule has 0 N–H and O–H groups in total. The van der Waals surface area contributed by atoms with Crippen molar-refractivity contribution in [1.82, 2.24) is 4.90 Å². The van der Waals surface area contributed by atoms with Crippen LogP contribution in [0.25, 0.3) is 0 Å². The highest BCUT2D eigenvalue weighted by atomic mass is 16.7. The van der Waals surface area contributed by atoms with Crippen LogP contribution in [0.4, 0.5) is 0 Å². The number of hydrogen-bond donors (Lipinski definition) is 0. The summed E-state index contributed by atoms with van der Waals surface area (Å²) >= 11 is 0. The standard InChI is InChI=1S/C20H30BNO5/c1-19(2)20(3,4)27-21(26-19)15-11-14-7-9-22(10-8-18(23)25-6)13-16(14)17(12-15)24-5/h11-12H,7-10,13H2,1-6H3. The average molecular weight is 375 g/mol. The maximum Gasteiger partial charge on any atom is 0.494 e. The van der Waals surface area contributed by atoms with Gasteiger partial charge in [-0.25, -0.2) is 0 Å². The number of esters is 1. The van der Waals surface area contributed by atoms with Gasteiger partial charge in [-0.2, -0.15) is 0 Å². The molecule has 0 bridgehead atoms. The highest BCUT2D eigenvalue weighted by Gasteiger charge is 2.52. The molecule has 0 aliphatic carbocycles. The molecular weight excluding hydrogens is 345 g/mol. The molecule has 3 rings (SSSR count). The summed E-state index contributed by atoms with van der Waals surface area (Å²) in [5, 5.41) is 0. The van der Waals surface area contributed by atoms with Crippen molar-refractivity contribution in [3.63, 3.8) is 0 Å². The van der Waals surface area contributed by atoms with Crippen LogP contribution in [-0.2, 0) is 31.8 Å². The van der Waals surface area contributed by atoms with Gasteiger partial charge < -0.3 is 18.8 Å². The lowest BCUT2D eigenvalue weighted by atomic mass is 9.76. The van der Waals surface area contributed by atoms with Crippen LogP contribution >= 0.6 is 0 Å². The Morgan fingerprint density at radius 3 is 2.44 bits per heavy atom. The summed E-state index contributed by atoms with van der Waals surface area (Å²) in [5.41, 5.74) is 2.69. The summed E-state index contributed by atoms with van der Waals surface area (Å²) in [6, 6.07) is 4.20. The maximum atomic E-state index is 11.4. The van der Waals surface area contributed by atoms with E-state index in [0.29, 0.717) is 13.0 Å². The van der Waals surface area contributed by atoms with E-state index in [4.69, 9.17) is 18.8 Å². The minimum absolute atomic E-state index is 0.177. The van der Waals surface area contributed by atoms with Gasteiger partial charge >= 0.3 is 13.1 Å². The minimum Gasteiger partial charge on any atom is -0.496 e. The van der Waals surface area contributed by atoms with Gasteiger partial charge in [0.2, 0.25) is 0 Å². The third kappa shape index (κ3) is 4.00. The summed E-state index contributed by atoms with van der Waals surface area (Å²) in [7, 11) is 2.72. The Labute approximate surface area is 162 Å². The molecule has 27 heavy (non-hydrogen) atoms. The lowest BCUT2D eigenvalue weighted by Gasteiger charge is -2.32. The normalized spacial score (nSPS) is 21.0. The Morgan fingerprint density at radius 1 is 1.19 bits per heavy atom. The van der Waals surface area contributed by atoms with E-state index < -0.39 is 7.12 Å². The molecule has 0 spiro atoms. The second kappa shape index (κ2) is 7.45. The fraction of sp³-hybridized carbons (Fsp3) is 0.650. The van der Waals surface area contributed by atoms with Crippen molar-refractivity contribution in [2.75, 3.05) is 27.3 Å². The van der Waals surface area contributed by atoms with E-state index in [-0.39, 0.29) is 17.2 Å². The molecule has 2 aliphatic rings. The monoisotopic (exact) mass is 375 g/mol. The van der Waals surface area contributed by atoms with E-state index in [0.717, 1.165) is 30.7 Å². The van der Waals surface area contributed by atoms with Crippen molar-refractivity contribution in [2.24, 2.45) is 0 Å².